The molecule has 0 aliphatic heterocycles. The van der Waals surface area contributed by atoms with Crippen LogP contribution in [0.15, 0.2) is 21.7 Å². The summed E-state index contributed by atoms with van der Waals surface area (Å²) in [4.78, 5) is 10.9. The summed E-state index contributed by atoms with van der Waals surface area (Å²) in [7, 11) is 0. The minimum atomic E-state index is -0.251. The van der Waals surface area contributed by atoms with Gasteiger partial charge in [0.15, 0.2) is 0 Å². The number of primary amides is 1. The lowest BCUT2D eigenvalue weighted by molar-refractivity contribution is -0.120. The molecule has 66 valence electrons. The van der Waals surface area contributed by atoms with Gasteiger partial charge in [-0.2, -0.15) is 0 Å². The van der Waals surface area contributed by atoms with Crippen molar-refractivity contribution in [2.75, 3.05) is 0 Å². The fourth-order valence-electron chi connectivity index (χ4n) is 1.23. The Balaban J connectivity index is 2.91. The number of hydrogen-bond acceptors (Lipinski definition) is 1. The Morgan fingerprint density at radius 1 is 1.67 bits per heavy atom. The van der Waals surface area contributed by atoms with E-state index in [-0.39, 0.29) is 11.8 Å². The predicted molar refractivity (Wildman–Crippen MR) is 52.7 cm³/mol. The molecule has 0 aromatic heterocycles. The highest BCUT2D eigenvalue weighted by Crippen LogP contribution is 2.31. The first-order chi connectivity index (χ1) is 5.52. The summed E-state index contributed by atoms with van der Waals surface area (Å²) in [5.41, 5.74) is 7.66. The molecule has 0 bridgehead atoms. The Bertz CT molecular complexity index is 278. The average Bonchev–Trinajstić information content (AvgIpc) is 1.99. The van der Waals surface area contributed by atoms with Gasteiger partial charge in [0.2, 0.25) is 5.91 Å². The van der Waals surface area contributed by atoms with Crippen LogP contribution in [0.25, 0.3) is 0 Å². The SMILES string of the molecule is CC1=C(C)C(Br)=CC(C(N)=O)C1. The second kappa shape index (κ2) is 3.44. The van der Waals surface area contributed by atoms with Gasteiger partial charge >= 0.3 is 0 Å². The van der Waals surface area contributed by atoms with Crippen LogP contribution in [0, 0.1) is 5.92 Å². The lowest BCUT2D eigenvalue weighted by Gasteiger charge is -2.18. The smallest absolute Gasteiger partial charge is 0.224 e. The molecule has 1 amide bonds. The Hall–Kier alpha value is -0.570. The van der Waals surface area contributed by atoms with E-state index in [4.69, 9.17) is 5.73 Å². The Labute approximate surface area is 80.6 Å². The second-order valence-corrected chi connectivity index (χ2v) is 3.99. The summed E-state index contributed by atoms with van der Waals surface area (Å²) in [5.74, 6) is -0.387. The van der Waals surface area contributed by atoms with Crippen molar-refractivity contribution in [2.24, 2.45) is 11.7 Å². The summed E-state index contributed by atoms with van der Waals surface area (Å²) in [6.07, 6.45) is 2.64. The number of rotatable bonds is 1. The molecule has 2 nitrogen and oxygen atoms in total. The third-order valence-corrected chi connectivity index (χ3v) is 3.10. The normalized spacial score (nSPS) is 23.9. The summed E-state index contributed by atoms with van der Waals surface area (Å²) in [5, 5.41) is 0. The summed E-state index contributed by atoms with van der Waals surface area (Å²) in [6, 6.07) is 0. The van der Waals surface area contributed by atoms with Gasteiger partial charge in [0.25, 0.3) is 0 Å². The van der Waals surface area contributed by atoms with Crippen molar-refractivity contribution in [2.45, 2.75) is 20.3 Å². The number of carbonyl (C=O) groups excluding carboxylic acids is 1. The summed E-state index contributed by atoms with van der Waals surface area (Å²) in [6.45, 7) is 4.06. The minimum absolute atomic E-state index is 0.136. The molecule has 0 saturated carbocycles. The van der Waals surface area contributed by atoms with E-state index in [1.54, 1.807) is 0 Å². The first kappa shape index (κ1) is 9.52. The summed E-state index contributed by atoms with van der Waals surface area (Å²) >= 11 is 3.40. The Kier molecular flexibility index (Phi) is 2.73. The van der Waals surface area contributed by atoms with E-state index in [1.165, 1.54) is 11.1 Å². The standard InChI is InChI=1S/C9H12BrNO/c1-5-3-7(9(11)12)4-8(10)6(5)2/h4,7H,3H2,1-2H3,(H2,11,12). The fraction of sp³-hybridized carbons (Fsp3) is 0.444. The maximum Gasteiger partial charge on any atom is 0.224 e. The molecule has 1 atom stereocenters. The molecule has 0 heterocycles. The van der Waals surface area contributed by atoms with Crippen molar-refractivity contribution in [3.63, 3.8) is 0 Å². The van der Waals surface area contributed by atoms with E-state index >= 15 is 0 Å². The maximum atomic E-state index is 10.9. The fourth-order valence-corrected chi connectivity index (χ4v) is 1.89. The molecule has 1 aliphatic carbocycles. The molecule has 1 aliphatic rings. The highest BCUT2D eigenvalue weighted by atomic mass is 79.9. The highest BCUT2D eigenvalue weighted by Gasteiger charge is 2.19. The number of halogens is 1. The third kappa shape index (κ3) is 1.78. The van der Waals surface area contributed by atoms with Gasteiger partial charge in [-0.05, 0) is 25.8 Å². The second-order valence-electron chi connectivity index (χ2n) is 3.13. The number of allylic oxidation sites excluding steroid dienone is 3. The van der Waals surface area contributed by atoms with Crippen LogP contribution in [0.2, 0.25) is 0 Å². The van der Waals surface area contributed by atoms with E-state index in [2.05, 4.69) is 15.9 Å². The Morgan fingerprint density at radius 2 is 2.25 bits per heavy atom. The third-order valence-electron chi connectivity index (χ3n) is 2.24. The van der Waals surface area contributed by atoms with Crippen LogP contribution < -0.4 is 5.73 Å². The molecular weight excluding hydrogens is 218 g/mol. The molecule has 1 rings (SSSR count). The minimum Gasteiger partial charge on any atom is -0.369 e. The van der Waals surface area contributed by atoms with Crippen LogP contribution >= 0.6 is 15.9 Å². The lowest BCUT2D eigenvalue weighted by atomic mass is 9.91. The van der Waals surface area contributed by atoms with Gasteiger partial charge in [-0.1, -0.05) is 27.6 Å². The van der Waals surface area contributed by atoms with E-state index in [0.717, 1.165) is 10.9 Å². The molecule has 0 aromatic carbocycles. The van der Waals surface area contributed by atoms with Gasteiger partial charge in [-0.25, -0.2) is 0 Å². The van der Waals surface area contributed by atoms with Crippen LogP contribution in [0.3, 0.4) is 0 Å². The number of amides is 1. The zero-order valence-corrected chi connectivity index (χ0v) is 8.81. The van der Waals surface area contributed by atoms with Crippen LogP contribution in [-0.2, 0) is 4.79 Å². The van der Waals surface area contributed by atoms with Gasteiger partial charge in [-0.15, -0.1) is 0 Å². The zero-order valence-electron chi connectivity index (χ0n) is 7.23. The van der Waals surface area contributed by atoms with Crippen LogP contribution in [-0.4, -0.2) is 5.91 Å². The predicted octanol–water partition coefficient (Wildman–Crippen LogP) is 2.11. The topological polar surface area (TPSA) is 43.1 Å². The van der Waals surface area contributed by atoms with Crippen molar-refractivity contribution in [3.05, 3.63) is 21.7 Å². The van der Waals surface area contributed by atoms with Gasteiger partial charge in [0.05, 0.1) is 5.92 Å². The van der Waals surface area contributed by atoms with Gasteiger partial charge in [0.1, 0.15) is 0 Å². The van der Waals surface area contributed by atoms with Crippen molar-refractivity contribution >= 4 is 21.8 Å². The molecule has 0 radical (unpaired) electrons. The molecule has 0 spiro atoms. The van der Waals surface area contributed by atoms with E-state index in [1.807, 2.05) is 19.9 Å². The largest absolute Gasteiger partial charge is 0.369 e. The first-order valence-electron chi connectivity index (χ1n) is 3.85. The van der Waals surface area contributed by atoms with Gasteiger partial charge in [0, 0.05) is 4.48 Å². The van der Waals surface area contributed by atoms with Crippen molar-refractivity contribution in [1.82, 2.24) is 0 Å². The van der Waals surface area contributed by atoms with Gasteiger partial charge in [-0.3, -0.25) is 4.79 Å². The zero-order chi connectivity index (χ0) is 9.30. The molecule has 0 aromatic rings. The van der Waals surface area contributed by atoms with E-state index in [0.29, 0.717) is 0 Å². The number of hydrogen-bond donors (Lipinski definition) is 1. The van der Waals surface area contributed by atoms with Gasteiger partial charge < -0.3 is 5.73 Å². The van der Waals surface area contributed by atoms with Crippen LogP contribution in [0.1, 0.15) is 20.3 Å². The maximum absolute atomic E-state index is 10.9. The molecule has 2 N–H and O–H groups in total. The molecule has 0 fully saturated rings. The number of nitrogens with two attached hydrogens (primary N) is 1. The molecule has 1 unspecified atom stereocenters. The highest BCUT2D eigenvalue weighted by molar-refractivity contribution is 9.12. The Morgan fingerprint density at radius 3 is 2.67 bits per heavy atom. The van der Waals surface area contributed by atoms with E-state index < -0.39 is 0 Å². The molecule has 0 saturated heterocycles. The molecular formula is C9H12BrNO. The van der Waals surface area contributed by atoms with Crippen LogP contribution in [0.5, 0.6) is 0 Å². The van der Waals surface area contributed by atoms with Crippen molar-refractivity contribution in [1.29, 1.82) is 0 Å². The molecule has 3 heteroatoms. The quantitative estimate of drug-likeness (QED) is 0.736. The first-order valence-corrected chi connectivity index (χ1v) is 4.65. The monoisotopic (exact) mass is 229 g/mol. The van der Waals surface area contributed by atoms with E-state index in [9.17, 15) is 4.79 Å². The van der Waals surface area contributed by atoms with Crippen LogP contribution in [0.4, 0.5) is 0 Å². The average molecular weight is 230 g/mol. The number of carbonyl (C=O) groups is 1. The van der Waals surface area contributed by atoms with Crippen molar-refractivity contribution < 1.29 is 4.79 Å². The van der Waals surface area contributed by atoms with Crippen molar-refractivity contribution in [3.8, 4) is 0 Å². The lowest BCUT2D eigenvalue weighted by Crippen LogP contribution is -2.23. The summed E-state index contributed by atoms with van der Waals surface area (Å²) < 4.78 is 0.995. The molecule has 12 heavy (non-hydrogen) atoms.